The Hall–Kier alpha value is -1.39. The van der Waals surface area contributed by atoms with Gasteiger partial charge in [0.2, 0.25) is 0 Å². The molecule has 0 N–H and O–H groups in total. The van der Waals surface area contributed by atoms with Crippen molar-refractivity contribution in [2.45, 2.75) is 31.8 Å². The zero-order valence-electron chi connectivity index (χ0n) is 13.0. The van der Waals surface area contributed by atoms with Crippen LogP contribution < -0.4 is 0 Å². The van der Waals surface area contributed by atoms with E-state index in [9.17, 15) is 4.79 Å². The van der Waals surface area contributed by atoms with Crippen LogP contribution in [0.5, 0.6) is 0 Å². The molecule has 0 amide bonds. The fraction of sp³-hybridized carbons (Fsp3) is 0.588. The molecule has 0 radical (unpaired) electrons. The fourth-order valence-electron chi connectivity index (χ4n) is 2.90. The Bertz CT molecular complexity index is 427. The second-order valence-corrected chi connectivity index (χ2v) is 5.44. The first kappa shape index (κ1) is 16.0. The lowest BCUT2D eigenvalue weighted by Crippen LogP contribution is -2.40. The van der Waals surface area contributed by atoms with Crippen molar-refractivity contribution in [1.29, 1.82) is 0 Å². The van der Waals surface area contributed by atoms with Crippen LogP contribution in [0.2, 0.25) is 0 Å². The zero-order valence-corrected chi connectivity index (χ0v) is 13.0. The molecule has 0 aliphatic carbocycles. The number of ether oxygens (including phenoxy) is 2. The van der Waals surface area contributed by atoms with Crippen LogP contribution >= 0.6 is 0 Å². The van der Waals surface area contributed by atoms with Crippen LogP contribution in [0.4, 0.5) is 0 Å². The molecule has 4 heteroatoms. The van der Waals surface area contributed by atoms with E-state index in [0.717, 1.165) is 44.6 Å². The van der Waals surface area contributed by atoms with E-state index in [4.69, 9.17) is 9.47 Å². The molecule has 1 unspecified atom stereocenters. The van der Waals surface area contributed by atoms with Crippen molar-refractivity contribution in [1.82, 2.24) is 4.90 Å². The van der Waals surface area contributed by atoms with Crippen molar-refractivity contribution >= 4 is 5.97 Å². The van der Waals surface area contributed by atoms with E-state index in [1.165, 1.54) is 7.11 Å². The zero-order chi connectivity index (χ0) is 15.1. The van der Waals surface area contributed by atoms with Gasteiger partial charge in [0.25, 0.3) is 0 Å². The molecule has 0 aromatic heterocycles. The Morgan fingerprint density at radius 2 is 1.95 bits per heavy atom. The van der Waals surface area contributed by atoms with Crippen LogP contribution in [0, 0.1) is 0 Å². The van der Waals surface area contributed by atoms with Gasteiger partial charge in [0, 0.05) is 26.2 Å². The summed E-state index contributed by atoms with van der Waals surface area (Å²) in [6, 6.07) is 9.88. The smallest absolute Gasteiger partial charge is 0.314 e. The summed E-state index contributed by atoms with van der Waals surface area (Å²) in [6.07, 6.45) is 2.45. The second kappa shape index (κ2) is 8.15. The number of rotatable bonds is 6. The van der Waals surface area contributed by atoms with Gasteiger partial charge in [-0.15, -0.1) is 0 Å². The summed E-state index contributed by atoms with van der Waals surface area (Å²) in [5, 5.41) is 0. The third kappa shape index (κ3) is 4.55. The summed E-state index contributed by atoms with van der Waals surface area (Å²) in [6.45, 7) is 5.49. The van der Waals surface area contributed by atoms with E-state index in [1.54, 1.807) is 0 Å². The van der Waals surface area contributed by atoms with Crippen LogP contribution in [0.3, 0.4) is 0 Å². The highest BCUT2D eigenvalue weighted by Gasteiger charge is 2.27. The van der Waals surface area contributed by atoms with E-state index < -0.39 is 0 Å². The fourth-order valence-corrected chi connectivity index (χ4v) is 2.90. The molecular formula is C17H25NO3. The lowest BCUT2D eigenvalue weighted by molar-refractivity contribution is -0.143. The number of esters is 1. The quantitative estimate of drug-likeness (QED) is 0.755. The standard InChI is InChI=1S/C17H25NO3/c1-3-21-15-9-11-18(12-10-15)13-16(17(19)20-2)14-7-5-4-6-8-14/h4-8,15-16H,3,9-13H2,1-2H3. The summed E-state index contributed by atoms with van der Waals surface area (Å²) in [5.74, 6) is -0.368. The van der Waals surface area contributed by atoms with Crippen molar-refractivity contribution < 1.29 is 14.3 Å². The molecule has 2 rings (SSSR count). The molecule has 4 nitrogen and oxygen atoms in total. The number of carbonyl (C=O) groups excluding carboxylic acids is 1. The first-order valence-corrected chi connectivity index (χ1v) is 7.71. The van der Waals surface area contributed by atoms with Gasteiger partial charge in [0.15, 0.2) is 0 Å². The number of carbonyl (C=O) groups is 1. The number of benzene rings is 1. The lowest BCUT2D eigenvalue weighted by Gasteiger charge is -2.33. The molecule has 116 valence electrons. The molecule has 0 bridgehead atoms. The van der Waals surface area contributed by atoms with Gasteiger partial charge in [-0.05, 0) is 25.3 Å². The number of methoxy groups -OCH3 is 1. The molecule has 1 aromatic rings. The monoisotopic (exact) mass is 291 g/mol. The van der Waals surface area contributed by atoms with Crippen molar-refractivity contribution in [3.63, 3.8) is 0 Å². The lowest BCUT2D eigenvalue weighted by atomic mass is 9.97. The van der Waals surface area contributed by atoms with E-state index in [-0.39, 0.29) is 11.9 Å². The van der Waals surface area contributed by atoms with Gasteiger partial charge < -0.3 is 14.4 Å². The van der Waals surface area contributed by atoms with Gasteiger partial charge in [-0.3, -0.25) is 4.79 Å². The molecule has 1 atom stereocenters. The minimum Gasteiger partial charge on any atom is -0.469 e. The van der Waals surface area contributed by atoms with Crippen LogP contribution in [0.1, 0.15) is 31.2 Å². The van der Waals surface area contributed by atoms with Crippen LogP contribution in [-0.2, 0) is 14.3 Å². The highest BCUT2D eigenvalue weighted by Crippen LogP contribution is 2.22. The van der Waals surface area contributed by atoms with Crippen molar-refractivity contribution in [2.75, 3.05) is 33.4 Å². The summed E-state index contributed by atoms with van der Waals surface area (Å²) in [7, 11) is 1.46. The van der Waals surface area contributed by atoms with Crippen molar-refractivity contribution in [2.24, 2.45) is 0 Å². The molecular weight excluding hydrogens is 266 g/mol. The third-order valence-electron chi connectivity index (χ3n) is 4.07. The predicted octanol–water partition coefficient (Wildman–Crippen LogP) is 2.44. The summed E-state index contributed by atoms with van der Waals surface area (Å²) < 4.78 is 10.6. The van der Waals surface area contributed by atoms with Crippen LogP contribution in [-0.4, -0.2) is 50.3 Å². The summed E-state index contributed by atoms with van der Waals surface area (Å²) in [4.78, 5) is 14.4. The Morgan fingerprint density at radius 3 is 2.52 bits per heavy atom. The van der Waals surface area contributed by atoms with Gasteiger partial charge in [0.05, 0.1) is 19.1 Å². The molecule has 0 saturated carbocycles. The van der Waals surface area contributed by atoms with Crippen molar-refractivity contribution in [3.8, 4) is 0 Å². The molecule has 1 saturated heterocycles. The maximum atomic E-state index is 12.1. The maximum absolute atomic E-state index is 12.1. The summed E-state index contributed by atoms with van der Waals surface area (Å²) in [5.41, 5.74) is 1.02. The summed E-state index contributed by atoms with van der Waals surface area (Å²) >= 11 is 0. The number of piperidine rings is 1. The van der Waals surface area contributed by atoms with E-state index in [1.807, 2.05) is 37.3 Å². The molecule has 1 aromatic carbocycles. The first-order chi connectivity index (χ1) is 10.2. The molecule has 1 fully saturated rings. The average molecular weight is 291 g/mol. The highest BCUT2D eigenvalue weighted by atomic mass is 16.5. The van der Waals surface area contributed by atoms with Crippen LogP contribution in [0.15, 0.2) is 30.3 Å². The second-order valence-electron chi connectivity index (χ2n) is 5.44. The molecule has 1 aliphatic rings. The highest BCUT2D eigenvalue weighted by molar-refractivity contribution is 5.78. The number of nitrogens with zero attached hydrogens (tertiary/aromatic N) is 1. The predicted molar refractivity (Wildman–Crippen MR) is 82.3 cm³/mol. The SMILES string of the molecule is CCOC1CCN(CC(C(=O)OC)c2ccccc2)CC1. The van der Waals surface area contributed by atoms with Gasteiger partial charge >= 0.3 is 5.97 Å². The maximum Gasteiger partial charge on any atom is 0.314 e. The van der Waals surface area contributed by atoms with Gasteiger partial charge in [-0.25, -0.2) is 0 Å². The van der Waals surface area contributed by atoms with Gasteiger partial charge in [-0.1, -0.05) is 30.3 Å². The minimum absolute atomic E-state index is 0.159. The van der Waals surface area contributed by atoms with E-state index in [0.29, 0.717) is 6.10 Å². The number of likely N-dealkylation sites (tertiary alicyclic amines) is 1. The third-order valence-corrected chi connectivity index (χ3v) is 4.07. The molecule has 1 aliphatic heterocycles. The Labute approximate surface area is 127 Å². The minimum atomic E-state index is -0.208. The van der Waals surface area contributed by atoms with Crippen molar-refractivity contribution in [3.05, 3.63) is 35.9 Å². The van der Waals surface area contributed by atoms with Gasteiger partial charge in [0.1, 0.15) is 0 Å². The Morgan fingerprint density at radius 1 is 1.29 bits per heavy atom. The Kier molecular flexibility index (Phi) is 6.21. The van der Waals surface area contributed by atoms with E-state index >= 15 is 0 Å². The normalized spacial score (nSPS) is 18.4. The average Bonchev–Trinajstić information content (AvgIpc) is 2.54. The topological polar surface area (TPSA) is 38.8 Å². The van der Waals surface area contributed by atoms with Gasteiger partial charge in [-0.2, -0.15) is 0 Å². The molecule has 0 spiro atoms. The largest absolute Gasteiger partial charge is 0.469 e. The van der Waals surface area contributed by atoms with E-state index in [2.05, 4.69) is 4.90 Å². The molecule has 21 heavy (non-hydrogen) atoms. The number of hydrogen-bond donors (Lipinski definition) is 0. The Balaban J connectivity index is 1.96. The number of hydrogen-bond acceptors (Lipinski definition) is 4. The van der Waals surface area contributed by atoms with Crippen LogP contribution in [0.25, 0.3) is 0 Å². The first-order valence-electron chi connectivity index (χ1n) is 7.71. The molecule has 1 heterocycles.